The predicted molar refractivity (Wildman–Crippen MR) is 47.4 cm³/mol. The largest absolute Gasteiger partial charge is 0.489 e. The predicted octanol–water partition coefficient (Wildman–Crippen LogP) is 2.31. The Balaban J connectivity index is 2.65. The third kappa shape index (κ3) is 2.26. The zero-order valence-electron chi connectivity index (χ0n) is 7.58. The average Bonchev–Trinajstić information content (AvgIpc) is 2.04. The Labute approximate surface area is 72.7 Å². The lowest BCUT2D eigenvalue weighted by Gasteiger charge is -2.17. The maximum Gasteiger partial charge on any atom is 0.140 e. The monoisotopic (exact) mass is 169 g/mol. The van der Waals surface area contributed by atoms with Crippen LogP contribution < -0.4 is 0 Å². The van der Waals surface area contributed by atoms with Gasteiger partial charge in [0.1, 0.15) is 11.5 Å². The van der Waals surface area contributed by atoms with Gasteiger partial charge in [0.05, 0.1) is 6.10 Å². The van der Waals surface area contributed by atoms with Gasteiger partial charge in [-0.2, -0.15) is 0 Å². The number of hydrogen-bond acceptors (Lipinski definition) is 3. The van der Waals surface area contributed by atoms with Crippen LogP contribution in [-0.4, -0.2) is 17.0 Å². The normalized spacial score (nSPS) is 21.2. The van der Waals surface area contributed by atoms with E-state index in [1.54, 1.807) is 0 Å². The summed E-state index contributed by atoms with van der Waals surface area (Å²) >= 11 is 0. The lowest BCUT2D eigenvalue weighted by atomic mass is 10.0. The van der Waals surface area contributed by atoms with Crippen molar-refractivity contribution in [2.75, 3.05) is 0 Å². The maximum absolute atomic E-state index is 8.64. The van der Waals surface area contributed by atoms with Crippen LogP contribution in [0.15, 0.2) is 17.0 Å². The fourth-order valence-electron chi connectivity index (χ4n) is 1.21. The first-order chi connectivity index (χ1) is 5.74. The van der Waals surface area contributed by atoms with Gasteiger partial charge in [-0.1, -0.05) is 5.16 Å². The number of allylic oxidation sites excluding steroid dienone is 2. The van der Waals surface area contributed by atoms with Gasteiger partial charge >= 0.3 is 0 Å². The van der Waals surface area contributed by atoms with Crippen LogP contribution in [0.4, 0.5) is 0 Å². The maximum atomic E-state index is 8.64. The minimum atomic E-state index is 0.145. The SMILES string of the molecule is CC(C)OC1=CCCCC1=NO. The van der Waals surface area contributed by atoms with Gasteiger partial charge in [-0.25, -0.2) is 0 Å². The standard InChI is InChI=1S/C9H15NO2/c1-7(2)12-9-6-4-3-5-8(9)10-11/h6-7,11H,3-5H2,1-2H3. The van der Waals surface area contributed by atoms with Gasteiger partial charge in [-0.05, 0) is 39.2 Å². The number of oxime groups is 1. The van der Waals surface area contributed by atoms with Crippen LogP contribution in [0.2, 0.25) is 0 Å². The van der Waals surface area contributed by atoms with Crippen LogP contribution >= 0.6 is 0 Å². The molecule has 0 amide bonds. The third-order valence-electron chi connectivity index (χ3n) is 1.72. The molecule has 0 saturated carbocycles. The van der Waals surface area contributed by atoms with Crippen LogP contribution in [0.3, 0.4) is 0 Å². The van der Waals surface area contributed by atoms with Gasteiger partial charge in [0.25, 0.3) is 0 Å². The van der Waals surface area contributed by atoms with Crippen molar-refractivity contribution in [1.82, 2.24) is 0 Å². The number of ether oxygens (including phenoxy) is 1. The first-order valence-corrected chi connectivity index (χ1v) is 4.32. The summed E-state index contributed by atoms with van der Waals surface area (Å²) in [6.45, 7) is 3.93. The van der Waals surface area contributed by atoms with E-state index in [4.69, 9.17) is 9.94 Å². The lowest BCUT2D eigenvalue weighted by Crippen LogP contribution is -2.14. The van der Waals surface area contributed by atoms with E-state index >= 15 is 0 Å². The van der Waals surface area contributed by atoms with E-state index in [1.807, 2.05) is 19.9 Å². The van der Waals surface area contributed by atoms with E-state index in [0.717, 1.165) is 25.0 Å². The summed E-state index contributed by atoms with van der Waals surface area (Å²) in [6.07, 6.45) is 5.00. The molecule has 3 heteroatoms. The molecule has 0 bridgehead atoms. The fraction of sp³-hybridized carbons (Fsp3) is 0.667. The van der Waals surface area contributed by atoms with Crippen LogP contribution in [-0.2, 0) is 4.74 Å². The molecule has 1 aliphatic rings. The van der Waals surface area contributed by atoms with Gasteiger partial charge in [0.2, 0.25) is 0 Å². The van der Waals surface area contributed by atoms with Crippen LogP contribution in [0.1, 0.15) is 33.1 Å². The summed E-state index contributed by atoms with van der Waals surface area (Å²) in [5.41, 5.74) is 0.676. The highest BCUT2D eigenvalue weighted by Crippen LogP contribution is 2.17. The van der Waals surface area contributed by atoms with Gasteiger partial charge < -0.3 is 9.94 Å². The van der Waals surface area contributed by atoms with E-state index in [9.17, 15) is 0 Å². The molecule has 0 aromatic heterocycles. The summed E-state index contributed by atoms with van der Waals surface area (Å²) in [5, 5.41) is 11.8. The van der Waals surface area contributed by atoms with E-state index in [2.05, 4.69) is 5.16 Å². The fourth-order valence-corrected chi connectivity index (χ4v) is 1.21. The van der Waals surface area contributed by atoms with E-state index in [0.29, 0.717) is 5.71 Å². The topological polar surface area (TPSA) is 41.8 Å². The smallest absolute Gasteiger partial charge is 0.140 e. The first kappa shape index (κ1) is 9.10. The molecular formula is C9H15NO2. The zero-order valence-corrected chi connectivity index (χ0v) is 7.58. The molecule has 1 aliphatic carbocycles. The molecule has 0 radical (unpaired) electrons. The lowest BCUT2D eigenvalue weighted by molar-refractivity contribution is 0.158. The Hall–Kier alpha value is -0.990. The number of nitrogens with zero attached hydrogens (tertiary/aromatic N) is 1. The van der Waals surface area contributed by atoms with Gasteiger partial charge in [-0.3, -0.25) is 0 Å². The first-order valence-electron chi connectivity index (χ1n) is 4.32. The number of hydrogen-bond donors (Lipinski definition) is 1. The van der Waals surface area contributed by atoms with Gasteiger partial charge in [0, 0.05) is 0 Å². The van der Waals surface area contributed by atoms with Crippen molar-refractivity contribution in [2.45, 2.75) is 39.2 Å². The summed E-state index contributed by atoms with van der Waals surface area (Å²) < 4.78 is 5.46. The molecule has 0 fully saturated rings. The van der Waals surface area contributed by atoms with Crippen molar-refractivity contribution in [3.8, 4) is 0 Å². The molecule has 0 unspecified atom stereocenters. The molecule has 12 heavy (non-hydrogen) atoms. The minimum absolute atomic E-state index is 0.145. The van der Waals surface area contributed by atoms with Crippen molar-refractivity contribution < 1.29 is 9.94 Å². The van der Waals surface area contributed by atoms with Gasteiger partial charge in [-0.15, -0.1) is 0 Å². The van der Waals surface area contributed by atoms with Crippen LogP contribution in [0.25, 0.3) is 0 Å². The summed E-state index contributed by atoms with van der Waals surface area (Å²) in [5.74, 6) is 0.749. The molecule has 0 atom stereocenters. The van der Waals surface area contributed by atoms with Crippen molar-refractivity contribution in [3.05, 3.63) is 11.8 Å². The Kier molecular flexibility index (Phi) is 3.14. The second-order valence-electron chi connectivity index (χ2n) is 3.17. The van der Waals surface area contributed by atoms with Crippen molar-refractivity contribution >= 4 is 5.71 Å². The molecule has 68 valence electrons. The van der Waals surface area contributed by atoms with Crippen LogP contribution in [0.5, 0.6) is 0 Å². The second kappa shape index (κ2) is 4.14. The van der Waals surface area contributed by atoms with Crippen molar-refractivity contribution in [1.29, 1.82) is 0 Å². The molecule has 0 heterocycles. The molecule has 0 aliphatic heterocycles. The summed E-state index contributed by atoms with van der Waals surface area (Å²) in [4.78, 5) is 0. The Morgan fingerprint density at radius 2 is 2.33 bits per heavy atom. The van der Waals surface area contributed by atoms with E-state index < -0.39 is 0 Å². The zero-order chi connectivity index (χ0) is 8.97. The summed E-state index contributed by atoms with van der Waals surface area (Å²) in [6, 6.07) is 0. The van der Waals surface area contributed by atoms with Crippen LogP contribution in [0, 0.1) is 0 Å². The highest BCUT2D eigenvalue weighted by molar-refractivity contribution is 5.98. The van der Waals surface area contributed by atoms with Crippen molar-refractivity contribution in [2.24, 2.45) is 5.16 Å². The quantitative estimate of drug-likeness (QED) is 0.509. The highest BCUT2D eigenvalue weighted by atomic mass is 16.5. The molecule has 3 nitrogen and oxygen atoms in total. The molecular weight excluding hydrogens is 154 g/mol. The molecule has 1 rings (SSSR count). The molecule has 0 saturated heterocycles. The highest BCUT2D eigenvalue weighted by Gasteiger charge is 2.14. The average molecular weight is 169 g/mol. The third-order valence-corrected chi connectivity index (χ3v) is 1.72. The molecule has 0 spiro atoms. The Morgan fingerprint density at radius 1 is 1.58 bits per heavy atom. The minimum Gasteiger partial charge on any atom is -0.489 e. The molecule has 0 aromatic carbocycles. The summed E-state index contributed by atoms with van der Waals surface area (Å²) in [7, 11) is 0. The van der Waals surface area contributed by atoms with E-state index in [-0.39, 0.29) is 6.10 Å². The Bertz CT molecular complexity index is 207. The molecule has 0 aromatic rings. The van der Waals surface area contributed by atoms with Gasteiger partial charge in [0.15, 0.2) is 0 Å². The number of rotatable bonds is 2. The second-order valence-corrected chi connectivity index (χ2v) is 3.17. The Morgan fingerprint density at radius 3 is 2.92 bits per heavy atom. The molecule has 1 N–H and O–H groups in total. The van der Waals surface area contributed by atoms with E-state index in [1.165, 1.54) is 0 Å². The van der Waals surface area contributed by atoms with Crippen molar-refractivity contribution in [3.63, 3.8) is 0 Å².